The van der Waals surface area contributed by atoms with Crippen molar-refractivity contribution < 1.29 is 9.52 Å². The Morgan fingerprint density at radius 2 is 2.22 bits per heavy atom. The molecule has 0 aliphatic carbocycles. The van der Waals surface area contributed by atoms with Crippen LogP contribution in [-0.4, -0.2) is 5.11 Å². The number of aromatic hydroxyl groups is 1. The molecule has 0 atom stereocenters. The van der Waals surface area contributed by atoms with Crippen molar-refractivity contribution in [3.63, 3.8) is 0 Å². The summed E-state index contributed by atoms with van der Waals surface area (Å²) in [7, 11) is 0. The predicted molar refractivity (Wildman–Crippen MR) is 72.0 cm³/mol. The van der Waals surface area contributed by atoms with E-state index < -0.39 is 0 Å². The Bertz CT molecular complexity index is 638. The molecular formula is C15H16O3. The summed E-state index contributed by atoms with van der Waals surface area (Å²) >= 11 is 0. The van der Waals surface area contributed by atoms with Gasteiger partial charge in [0.25, 0.3) is 0 Å². The number of hydrogen-bond acceptors (Lipinski definition) is 3. The molecule has 3 nitrogen and oxygen atoms in total. The van der Waals surface area contributed by atoms with Gasteiger partial charge in [0.1, 0.15) is 11.3 Å². The minimum absolute atomic E-state index is 0.138. The van der Waals surface area contributed by atoms with Gasteiger partial charge in [-0.05, 0) is 30.5 Å². The molecular weight excluding hydrogens is 228 g/mol. The Balaban J connectivity index is 2.80. The van der Waals surface area contributed by atoms with Crippen molar-refractivity contribution in [3.05, 3.63) is 52.4 Å². The topological polar surface area (TPSA) is 50.4 Å². The number of phenols is 1. The van der Waals surface area contributed by atoms with E-state index in [2.05, 4.69) is 13.5 Å². The average molecular weight is 244 g/mol. The number of aryl methyl sites for hydroxylation is 1. The van der Waals surface area contributed by atoms with Gasteiger partial charge in [-0.25, -0.2) is 4.79 Å². The van der Waals surface area contributed by atoms with Crippen LogP contribution in [0, 0.1) is 0 Å². The summed E-state index contributed by atoms with van der Waals surface area (Å²) in [5, 5.41) is 10.7. The monoisotopic (exact) mass is 244 g/mol. The molecule has 0 amide bonds. The Labute approximate surface area is 105 Å². The predicted octanol–water partition coefficient (Wildman–Crippen LogP) is 3.18. The molecule has 0 spiro atoms. The normalized spacial score (nSPS) is 10.7. The molecule has 1 heterocycles. The molecule has 0 unspecified atom stereocenters. The highest BCUT2D eigenvalue weighted by Gasteiger charge is 2.12. The summed E-state index contributed by atoms with van der Waals surface area (Å²) in [5.41, 5.74) is 1.69. The van der Waals surface area contributed by atoms with Crippen LogP contribution in [0.2, 0.25) is 0 Å². The van der Waals surface area contributed by atoms with Gasteiger partial charge in [0.2, 0.25) is 0 Å². The van der Waals surface area contributed by atoms with Gasteiger partial charge in [0.05, 0.1) is 0 Å². The lowest BCUT2D eigenvalue weighted by molar-refractivity contribution is 0.466. The molecule has 2 rings (SSSR count). The van der Waals surface area contributed by atoms with Gasteiger partial charge in [0.15, 0.2) is 0 Å². The van der Waals surface area contributed by atoms with Gasteiger partial charge in [0, 0.05) is 17.0 Å². The standard InChI is InChI=1S/C15H16O3/c1-3-5-10-9-14(17)18-15-11(10)7-8-13(16)12(15)6-4-2/h4,7-9,16H,2-3,5-6H2,1H3. The highest BCUT2D eigenvalue weighted by molar-refractivity contribution is 5.85. The van der Waals surface area contributed by atoms with Crippen LogP contribution in [0.25, 0.3) is 11.0 Å². The van der Waals surface area contributed by atoms with Gasteiger partial charge >= 0.3 is 5.63 Å². The van der Waals surface area contributed by atoms with Crippen molar-refractivity contribution in [2.45, 2.75) is 26.2 Å². The first-order valence-electron chi connectivity index (χ1n) is 6.05. The first-order chi connectivity index (χ1) is 8.67. The molecule has 1 N–H and O–H groups in total. The molecule has 3 heteroatoms. The second-order valence-corrected chi connectivity index (χ2v) is 4.27. The van der Waals surface area contributed by atoms with E-state index in [0.717, 1.165) is 23.8 Å². The molecule has 0 bridgehead atoms. The zero-order valence-corrected chi connectivity index (χ0v) is 10.4. The molecule has 2 aromatic rings. The lowest BCUT2D eigenvalue weighted by Crippen LogP contribution is -2.02. The molecule has 1 aromatic carbocycles. The van der Waals surface area contributed by atoms with Crippen LogP contribution in [0.4, 0.5) is 0 Å². The van der Waals surface area contributed by atoms with Crippen molar-refractivity contribution in [2.75, 3.05) is 0 Å². The molecule has 1 aromatic heterocycles. The summed E-state index contributed by atoms with van der Waals surface area (Å²) in [6, 6.07) is 4.96. The van der Waals surface area contributed by atoms with Crippen LogP contribution < -0.4 is 5.63 Å². The lowest BCUT2D eigenvalue weighted by atomic mass is 10.0. The lowest BCUT2D eigenvalue weighted by Gasteiger charge is -2.09. The van der Waals surface area contributed by atoms with Crippen LogP contribution >= 0.6 is 0 Å². The number of allylic oxidation sites excluding steroid dienone is 1. The fourth-order valence-electron chi connectivity index (χ4n) is 2.15. The van der Waals surface area contributed by atoms with E-state index in [4.69, 9.17) is 4.42 Å². The fourth-order valence-corrected chi connectivity index (χ4v) is 2.15. The third-order valence-electron chi connectivity index (χ3n) is 2.94. The second kappa shape index (κ2) is 5.08. The average Bonchev–Trinajstić information content (AvgIpc) is 2.33. The van der Waals surface area contributed by atoms with Gasteiger partial charge in [-0.3, -0.25) is 0 Å². The van der Waals surface area contributed by atoms with Crippen LogP contribution in [0.15, 0.2) is 40.1 Å². The number of hydrogen-bond donors (Lipinski definition) is 1. The maximum absolute atomic E-state index is 11.6. The van der Waals surface area contributed by atoms with Crippen LogP contribution in [-0.2, 0) is 12.8 Å². The van der Waals surface area contributed by atoms with E-state index in [-0.39, 0.29) is 11.4 Å². The second-order valence-electron chi connectivity index (χ2n) is 4.27. The van der Waals surface area contributed by atoms with Crippen molar-refractivity contribution >= 4 is 11.0 Å². The van der Waals surface area contributed by atoms with Crippen LogP contribution in [0.3, 0.4) is 0 Å². The Morgan fingerprint density at radius 1 is 1.44 bits per heavy atom. The number of phenolic OH excluding ortho intramolecular Hbond substituents is 1. The maximum atomic E-state index is 11.6. The Morgan fingerprint density at radius 3 is 2.89 bits per heavy atom. The molecule has 94 valence electrons. The zero-order valence-electron chi connectivity index (χ0n) is 10.4. The van der Waals surface area contributed by atoms with E-state index in [1.807, 2.05) is 0 Å². The van der Waals surface area contributed by atoms with E-state index in [1.54, 1.807) is 18.2 Å². The Kier molecular flexibility index (Phi) is 3.51. The smallest absolute Gasteiger partial charge is 0.336 e. The molecule has 0 saturated heterocycles. The number of rotatable bonds is 4. The van der Waals surface area contributed by atoms with Crippen molar-refractivity contribution in [1.29, 1.82) is 0 Å². The van der Waals surface area contributed by atoms with Crippen molar-refractivity contribution in [3.8, 4) is 5.75 Å². The van der Waals surface area contributed by atoms with Gasteiger partial charge in [-0.2, -0.15) is 0 Å². The van der Waals surface area contributed by atoms with E-state index in [0.29, 0.717) is 17.6 Å². The van der Waals surface area contributed by atoms with Crippen LogP contribution in [0.1, 0.15) is 24.5 Å². The van der Waals surface area contributed by atoms with E-state index in [1.165, 1.54) is 6.07 Å². The minimum Gasteiger partial charge on any atom is -0.508 e. The van der Waals surface area contributed by atoms with Gasteiger partial charge in [-0.1, -0.05) is 19.4 Å². The molecule has 0 aliphatic rings. The number of benzene rings is 1. The highest BCUT2D eigenvalue weighted by atomic mass is 16.4. The third-order valence-corrected chi connectivity index (χ3v) is 2.94. The van der Waals surface area contributed by atoms with Gasteiger partial charge < -0.3 is 9.52 Å². The van der Waals surface area contributed by atoms with Gasteiger partial charge in [-0.15, -0.1) is 6.58 Å². The summed E-state index contributed by atoms with van der Waals surface area (Å²) in [6.45, 7) is 5.72. The molecule has 0 aliphatic heterocycles. The minimum atomic E-state index is -0.373. The van der Waals surface area contributed by atoms with E-state index >= 15 is 0 Å². The quantitative estimate of drug-likeness (QED) is 0.663. The van der Waals surface area contributed by atoms with E-state index in [9.17, 15) is 9.90 Å². The molecule has 0 radical (unpaired) electrons. The summed E-state index contributed by atoms with van der Waals surface area (Å²) < 4.78 is 5.25. The maximum Gasteiger partial charge on any atom is 0.336 e. The third kappa shape index (κ3) is 2.16. The SMILES string of the molecule is C=CCc1c(O)ccc2c(CCC)cc(=O)oc12. The zero-order chi connectivity index (χ0) is 13.1. The molecule has 0 fully saturated rings. The molecule has 18 heavy (non-hydrogen) atoms. The summed E-state index contributed by atoms with van der Waals surface area (Å²) in [6.07, 6.45) is 3.93. The molecule has 0 saturated carbocycles. The van der Waals surface area contributed by atoms with Crippen molar-refractivity contribution in [2.24, 2.45) is 0 Å². The first kappa shape index (κ1) is 12.4. The van der Waals surface area contributed by atoms with Crippen LogP contribution in [0.5, 0.6) is 5.75 Å². The summed E-state index contributed by atoms with van der Waals surface area (Å²) in [5.74, 6) is 0.138. The first-order valence-corrected chi connectivity index (χ1v) is 6.05. The fraction of sp³-hybridized carbons (Fsp3) is 0.267. The summed E-state index contributed by atoms with van der Waals surface area (Å²) in [4.78, 5) is 11.6. The number of fused-ring (bicyclic) bond motifs is 1. The highest BCUT2D eigenvalue weighted by Crippen LogP contribution is 2.29. The van der Waals surface area contributed by atoms with Crippen molar-refractivity contribution in [1.82, 2.24) is 0 Å². The largest absolute Gasteiger partial charge is 0.508 e. The Hall–Kier alpha value is -2.03.